The Kier molecular flexibility index (Phi) is 6.11. The Morgan fingerprint density at radius 3 is 2.48 bits per heavy atom. The van der Waals surface area contributed by atoms with Gasteiger partial charge in [0.1, 0.15) is 0 Å². The molecule has 0 spiro atoms. The lowest BCUT2D eigenvalue weighted by Crippen LogP contribution is -2.51. The van der Waals surface area contributed by atoms with Crippen LogP contribution in [0.2, 0.25) is 0 Å². The molecule has 0 aliphatic heterocycles. The first-order valence-corrected chi connectivity index (χ1v) is 13.5. The molecule has 1 heteroatoms. The highest BCUT2D eigenvalue weighted by Crippen LogP contribution is 2.66. The zero-order valence-electron chi connectivity index (χ0n) is 21.7. The summed E-state index contributed by atoms with van der Waals surface area (Å²) in [4.78, 5) is 0. The molecule has 0 saturated heterocycles. The maximum atomic E-state index is 10.5. The third kappa shape index (κ3) is 3.79. The van der Waals surface area contributed by atoms with Crippen LogP contribution in [0, 0.1) is 45.8 Å². The predicted molar refractivity (Wildman–Crippen MR) is 133 cm³/mol. The van der Waals surface area contributed by atoms with E-state index in [4.69, 9.17) is 0 Å². The van der Waals surface area contributed by atoms with Crippen LogP contribution in [0.1, 0.15) is 113 Å². The van der Waals surface area contributed by atoms with Crippen LogP contribution in [-0.4, -0.2) is 11.2 Å². The van der Waals surface area contributed by atoms with Crippen LogP contribution in [0.5, 0.6) is 0 Å². The van der Waals surface area contributed by atoms with Crippen molar-refractivity contribution >= 4 is 0 Å². The molecule has 4 aliphatic rings. The second-order valence-corrected chi connectivity index (χ2v) is 13.6. The minimum atomic E-state index is -0.0688. The van der Waals surface area contributed by atoms with Crippen molar-refractivity contribution in [2.24, 2.45) is 45.8 Å². The van der Waals surface area contributed by atoms with Gasteiger partial charge in [-0.05, 0) is 110 Å². The summed E-state index contributed by atoms with van der Waals surface area (Å²) >= 11 is 0. The van der Waals surface area contributed by atoms with Gasteiger partial charge in [-0.2, -0.15) is 0 Å². The SMILES string of the molecule is C=C(CC[C@@H](C)[C@H]1CCC2=C3CC[C@H]4[C@H](C)[C@@H](O)CC[C@]4(C)[C@H]3CC[C@@]21C)C(C)(C)C. The largest absolute Gasteiger partial charge is 0.393 e. The third-order valence-electron chi connectivity index (χ3n) is 11.2. The van der Waals surface area contributed by atoms with Crippen LogP contribution in [0.3, 0.4) is 0 Å². The number of hydrogen-bond donors (Lipinski definition) is 1. The molecular formula is C30H50O. The molecule has 0 radical (unpaired) electrons. The lowest BCUT2D eigenvalue weighted by molar-refractivity contribution is -0.0779. The highest BCUT2D eigenvalue weighted by atomic mass is 16.3. The first-order valence-electron chi connectivity index (χ1n) is 13.5. The van der Waals surface area contributed by atoms with Gasteiger partial charge in [0, 0.05) is 0 Å². The molecule has 0 bridgehead atoms. The fraction of sp³-hybridized carbons (Fsp3) is 0.867. The summed E-state index contributed by atoms with van der Waals surface area (Å²) in [6.07, 6.45) is 12.8. The fourth-order valence-electron chi connectivity index (χ4n) is 8.88. The Balaban J connectivity index is 1.54. The summed E-state index contributed by atoms with van der Waals surface area (Å²) in [5, 5.41) is 10.5. The number of aliphatic hydroxyl groups excluding tert-OH is 1. The van der Waals surface area contributed by atoms with Gasteiger partial charge in [0.15, 0.2) is 0 Å². The summed E-state index contributed by atoms with van der Waals surface area (Å²) in [6.45, 7) is 21.4. The Bertz CT molecular complexity index is 738. The van der Waals surface area contributed by atoms with Crippen LogP contribution in [0.25, 0.3) is 0 Å². The van der Waals surface area contributed by atoms with Crippen LogP contribution < -0.4 is 0 Å². The van der Waals surface area contributed by atoms with Crippen molar-refractivity contribution < 1.29 is 5.11 Å². The van der Waals surface area contributed by atoms with Crippen LogP contribution >= 0.6 is 0 Å². The number of fused-ring (bicyclic) bond motifs is 4. The second-order valence-electron chi connectivity index (χ2n) is 13.6. The molecule has 0 heterocycles. The Labute approximate surface area is 193 Å². The second kappa shape index (κ2) is 8.03. The molecule has 4 aliphatic carbocycles. The maximum absolute atomic E-state index is 10.5. The monoisotopic (exact) mass is 426 g/mol. The van der Waals surface area contributed by atoms with Crippen molar-refractivity contribution in [2.75, 3.05) is 0 Å². The summed E-state index contributed by atoms with van der Waals surface area (Å²) < 4.78 is 0. The van der Waals surface area contributed by atoms with Gasteiger partial charge < -0.3 is 5.11 Å². The molecule has 176 valence electrons. The zero-order chi connectivity index (χ0) is 22.8. The van der Waals surface area contributed by atoms with E-state index in [9.17, 15) is 5.11 Å². The van der Waals surface area contributed by atoms with E-state index >= 15 is 0 Å². The van der Waals surface area contributed by atoms with Crippen LogP contribution in [-0.2, 0) is 0 Å². The summed E-state index contributed by atoms with van der Waals surface area (Å²) in [5.41, 5.74) is 6.32. The molecule has 0 aromatic heterocycles. The molecule has 0 aromatic carbocycles. The Hall–Kier alpha value is -0.560. The average molecular weight is 427 g/mol. The summed E-state index contributed by atoms with van der Waals surface area (Å²) in [5.74, 6) is 3.62. The number of rotatable bonds is 4. The molecule has 8 atom stereocenters. The zero-order valence-corrected chi connectivity index (χ0v) is 21.7. The van der Waals surface area contributed by atoms with Gasteiger partial charge in [0.05, 0.1) is 6.10 Å². The van der Waals surface area contributed by atoms with Gasteiger partial charge in [-0.1, -0.05) is 71.8 Å². The van der Waals surface area contributed by atoms with Gasteiger partial charge in [0.2, 0.25) is 0 Å². The number of allylic oxidation sites excluding steroid dienone is 3. The van der Waals surface area contributed by atoms with E-state index in [1.54, 1.807) is 0 Å². The standard InChI is InChI=1S/C30H50O/c1-19(9-10-20(2)28(4,5)6)23-13-14-25-22-11-12-24-21(3)27(31)16-18-30(24,8)26(22)15-17-29(23,25)7/h19,21,23-24,26-27,31H,2,9-18H2,1,3-8H3/t19-,21+,23-,24+,26+,27+,29-,30+/m1/s1. The molecule has 1 N–H and O–H groups in total. The van der Waals surface area contributed by atoms with Crippen molar-refractivity contribution in [1.29, 1.82) is 0 Å². The van der Waals surface area contributed by atoms with Gasteiger partial charge in [0.25, 0.3) is 0 Å². The highest BCUT2D eigenvalue weighted by molar-refractivity contribution is 5.35. The smallest absolute Gasteiger partial charge is 0.0568 e. The van der Waals surface area contributed by atoms with E-state index in [1.807, 2.05) is 11.1 Å². The van der Waals surface area contributed by atoms with Crippen molar-refractivity contribution in [2.45, 2.75) is 119 Å². The van der Waals surface area contributed by atoms with Crippen LogP contribution in [0.15, 0.2) is 23.3 Å². The van der Waals surface area contributed by atoms with E-state index in [1.165, 1.54) is 63.4 Å². The van der Waals surface area contributed by atoms with Gasteiger partial charge in [-0.3, -0.25) is 0 Å². The minimum Gasteiger partial charge on any atom is -0.393 e. The van der Waals surface area contributed by atoms with E-state index in [2.05, 4.69) is 55.0 Å². The minimum absolute atomic E-state index is 0.0688. The number of hydrogen-bond acceptors (Lipinski definition) is 1. The quantitative estimate of drug-likeness (QED) is 0.448. The molecular weight excluding hydrogens is 376 g/mol. The predicted octanol–water partition coefficient (Wildman–Crippen LogP) is 8.34. The fourth-order valence-corrected chi connectivity index (χ4v) is 8.88. The molecule has 0 unspecified atom stereocenters. The lowest BCUT2D eigenvalue weighted by atomic mass is 9.47. The molecule has 1 nitrogen and oxygen atoms in total. The van der Waals surface area contributed by atoms with Gasteiger partial charge >= 0.3 is 0 Å². The molecule has 4 rings (SSSR count). The first kappa shape index (κ1) is 23.6. The lowest BCUT2D eigenvalue weighted by Gasteiger charge is -2.58. The summed E-state index contributed by atoms with van der Waals surface area (Å²) in [7, 11) is 0. The van der Waals surface area contributed by atoms with Crippen molar-refractivity contribution in [3.8, 4) is 0 Å². The normalized spacial score (nSPS) is 43.8. The van der Waals surface area contributed by atoms with Gasteiger partial charge in [-0.25, -0.2) is 0 Å². The Morgan fingerprint density at radius 2 is 1.81 bits per heavy atom. The topological polar surface area (TPSA) is 20.2 Å². The number of aliphatic hydroxyl groups is 1. The maximum Gasteiger partial charge on any atom is 0.0568 e. The van der Waals surface area contributed by atoms with E-state index in [-0.39, 0.29) is 11.5 Å². The van der Waals surface area contributed by atoms with Crippen molar-refractivity contribution in [3.63, 3.8) is 0 Å². The van der Waals surface area contributed by atoms with Crippen LogP contribution in [0.4, 0.5) is 0 Å². The molecule has 0 aromatic rings. The highest BCUT2D eigenvalue weighted by Gasteiger charge is 2.57. The molecule has 31 heavy (non-hydrogen) atoms. The van der Waals surface area contributed by atoms with Crippen molar-refractivity contribution in [1.82, 2.24) is 0 Å². The van der Waals surface area contributed by atoms with E-state index in [0.717, 1.165) is 30.1 Å². The Morgan fingerprint density at radius 1 is 1.10 bits per heavy atom. The molecule has 0 amide bonds. The summed E-state index contributed by atoms with van der Waals surface area (Å²) in [6, 6.07) is 0. The van der Waals surface area contributed by atoms with E-state index < -0.39 is 0 Å². The molecule has 3 fully saturated rings. The average Bonchev–Trinajstić information content (AvgIpc) is 3.05. The first-order chi connectivity index (χ1) is 14.4. The van der Waals surface area contributed by atoms with Gasteiger partial charge in [-0.15, -0.1) is 0 Å². The van der Waals surface area contributed by atoms with Crippen molar-refractivity contribution in [3.05, 3.63) is 23.3 Å². The third-order valence-corrected chi connectivity index (χ3v) is 11.2. The molecule has 3 saturated carbocycles. The van der Waals surface area contributed by atoms with E-state index in [0.29, 0.717) is 16.7 Å².